The minimum absolute atomic E-state index is 0.00446. The molecule has 9 atom stereocenters. The van der Waals surface area contributed by atoms with E-state index in [2.05, 4.69) is 63.2 Å². The van der Waals surface area contributed by atoms with Gasteiger partial charge in [0.25, 0.3) is 5.69 Å². The van der Waals surface area contributed by atoms with E-state index in [1.807, 2.05) is 0 Å². The normalized spacial score (nSPS) is 37.0. The summed E-state index contributed by atoms with van der Waals surface area (Å²) in [7, 11) is 0. The van der Waals surface area contributed by atoms with Crippen LogP contribution >= 0.6 is 0 Å². The van der Waals surface area contributed by atoms with E-state index in [1.165, 1.54) is 25.5 Å². The highest BCUT2D eigenvalue weighted by molar-refractivity contribution is 5.84. The second kappa shape index (κ2) is 14.1. The number of aromatic nitrogens is 3. The summed E-state index contributed by atoms with van der Waals surface area (Å²) in [6, 6.07) is 6.62. The minimum atomic E-state index is -0.517. The molecule has 0 radical (unpaired) electrons. The van der Waals surface area contributed by atoms with Crippen LogP contribution in [0.5, 0.6) is 0 Å². The summed E-state index contributed by atoms with van der Waals surface area (Å²) in [4.78, 5) is 50.3. The number of nitro benzene ring substituents is 1. The Hall–Kier alpha value is -4.09. The molecule has 56 heavy (non-hydrogen) atoms. The van der Waals surface area contributed by atoms with Crippen molar-refractivity contribution in [3.05, 3.63) is 63.5 Å². The zero-order valence-electron chi connectivity index (χ0n) is 34.6. The Balaban J connectivity index is 1.15. The van der Waals surface area contributed by atoms with Crippen LogP contribution < -0.4 is 5.32 Å². The second-order valence-corrected chi connectivity index (χ2v) is 19.8. The van der Waals surface area contributed by atoms with E-state index in [9.17, 15) is 24.5 Å². The number of esters is 2. The molecule has 0 bridgehead atoms. The lowest BCUT2D eigenvalue weighted by molar-refractivity contribution is -0.385. The Morgan fingerprint density at radius 3 is 2.39 bits per heavy atom. The number of carbonyl (C=O) groups is 3. The molecule has 1 N–H and O–H groups in total. The first-order chi connectivity index (χ1) is 26.3. The summed E-state index contributed by atoms with van der Waals surface area (Å²) in [5.41, 5.74) is 1.61. The average molecular weight is 772 g/mol. The number of nitrogens with zero attached hydrogens (tertiary/aromatic N) is 4. The van der Waals surface area contributed by atoms with Gasteiger partial charge in [-0.3, -0.25) is 24.5 Å². The smallest absolute Gasteiger partial charge is 0.302 e. The van der Waals surface area contributed by atoms with Gasteiger partial charge < -0.3 is 14.8 Å². The number of hydrogen-bond donors (Lipinski definition) is 1. The van der Waals surface area contributed by atoms with Gasteiger partial charge in [-0.25, -0.2) is 4.68 Å². The van der Waals surface area contributed by atoms with Crippen LogP contribution in [0.15, 0.2) is 42.1 Å². The molecule has 2 aromatic rings. The third-order valence-electron chi connectivity index (χ3n) is 16.3. The largest absolute Gasteiger partial charge is 0.465 e. The first-order valence-corrected chi connectivity index (χ1v) is 20.7. The maximum Gasteiger partial charge on any atom is 0.302 e. The van der Waals surface area contributed by atoms with Gasteiger partial charge in [0.15, 0.2) is 0 Å². The van der Waals surface area contributed by atoms with E-state index in [0.29, 0.717) is 17.2 Å². The van der Waals surface area contributed by atoms with E-state index in [1.54, 1.807) is 29.1 Å². The number of allylic oxidation sites excluding steroid dienone is 2. The fraction of sp³-hybridized carbons (Fsp3) is 0.705. The third kappa shape index (κ3) is 6.46. The number of para-hydroxylation sites is 1. The van der Waals surface area contributed by atoms with Gasteiger partial charge in [0.1, 0.15) is 18.4 Å². The molecule has 1 aromatic heterocycles. The van der Waals surface area contributed by atoms with Crippen molar-refractivity contribution in [2.24, 2.45) is 50.2 Å². The van der Waals surface area contributed by atoms with E-state index >= 15 is 0 Å². The van der Waals surface area contributed by atoms with Crippen LogP contribution in [-0.4, -0.2) is 50.5 Å². The van der Waals surface area contributed by atoms with Crippen molar-refractivity contribution in [3.63, 3.8) is 0 Å². The number of rotatable bonds is 9. The topological polar surface area (TPSA) is 156 Å². The first-order valence-electron chi connectivity index (χ1n) is 20.7. The van der Waals surface area contributed by atoms with Crippen molar-refractivity contribution in [2.75, 3.05) is 6.61 Å². The molecular weight excluding hydrogens is 711 g/mol. The van der Waals surface area contributed by atoms with E-state index in [0.717, 1.165) is 64.2 Å². The average Bonchev–Trinajstić information content (AvgIpc) is 3.58. The zero-order chi connectivity index (χ0) is 40.5. The first kappa shape index (κ1) is 40.1. The Bertz CT molecular complexity index is 1940. The standard InChI is InChI=1S/C44H61N5O7/c1-28(50)55-27-41(6)35-15-18-43(8)36(40(35,5)17-16-37(41)56-29(2)51)14-13-32-33-23-39(3,4)19-21-44(33,22-20-42(32,43)7)38(52)45-24-31-26-48(47-46-31)25-30-11-9-10-12-34(30)49(53)54/h9-13,26,33,35-37H,14-25,27H2,1-8H3,(H,45,52)/t33-,35+,36+,37-,40-,41-,42+,43+,44-/m0/s1. The highest BCUT2D eigenvalue weighted by Crippen LogP contribution is 2.76. The Kier molecular flexibility index (Phi) is 10.1. The number of amides is 1. The van der Waals surface area contributed by atoms with Crippen molar-refractivity contribution in [3.8, 4) is 0 Å². The lowest BCUT2D eigenvalue weighted by atomic mass is 9.33. The van der Waals surface area contributed by atoms with Gasteiger partial charge in [0.05, 0.1) is 35.2 Å². The number of nitro groups is 1. The van der Waals surface area contributed by atoms with Crippen molar-refractivity contribution in [1.82, 2.24) is 20.3 Å². The molecule has 5 aliphatic rings. The number of hydrogen-bond acceptors (Lipinski definition) is 9. The molecule has 1 amide bonds. The molecule has 4 saturated carbocycles. The molecule has 1 heterocycles. The van der Waals surface area contributed by atoms with Crippen LogP contribution in [0.2, 0.25) is 0 Å². The SMILES string of the molecule is CC(=O)OC[C@@]1(C)[C@@H]2CC[C@]3(C)[C@H](CC=C4[C@@H]5CC(C)(C)CC[C@]5(C(=O)NCc5cn(Cc6ccccc6[N+](=O)[O-])nn5)CC[C@]43C)[C@@]2(C)CC[C@@H]1OC(C)=O. The predicted molar refractivity (Wildman–Crippen MR) is 210 cm³/mol. The van der Waals surface area contributed by atoms with Crippen molar-refractivity contribution in [1.29, 1.82) is 0 Å². The molecule has 0 unspecified atom stereocenters. The Morgan fingerprint density at radius 1 is 0.946 bits per heavy atom. The maximum absolute atomic E-state index is 14.7. The van der Waals surface area contributed by atoms with Crippen LogP contribution in [0.1, 0.15) is 131 Å². The van der Waals surface area contributed by atoms with Crippen LogP contribution in [-0.2, 0) is 36.9 Å². The summed E-state index contributed by atoms with van der Waals surface area (Å²) >= 11 is 0. The van der Waals surface area contributed by atoms with E-state index in [4.69, 9.17) is 9.47 Å². The zero-order valence-corrected chi connectivity index (χ0v) is 34.6. The molecule has 0 saturated heterocycles. The lowest BCUT2D eigenvalue weighted by Crippen LogP contribution is -2.66. The van der Waals surface area contributed by atoms with Gasteiger partial charge in [-0.05, 0) is 104 Å². The predicted octanol–water partition coefficient (Wildman–Crippen LogP) is 8.13. The van der Waals surface area contributed by atoms with Crippen molar-refractivity contribution in [2.45, 2.75) is 139 Å². The Morgan fingerprint density at radius 2 is 1.68 bits per heavy atom. The fourth-order valence-electron chi connectivity index (χ4n) is 13.1. The summed E-state index contributed by atoms with van der Waals surface area (Å²) in [5, 5.41) is 23.4. The van der Waals surface area contributed by atoms with Crippen LogP contribution in [0.25, 0.3) is 0 Å². The molecule has 304 valence electrons. The molecule has 0 aliphatic heterocycles. The highest BCUT2D eigenvalue weighted by atomic mass is 16.6. The number of benzene rings is 1. The van der Waals surface area contributed by atoms with Gasteiger partial charge in [-0.1, -0.05) is 76.6 Å². The van der Waals surface area contributed by atoms with E-state index < -0.39 is 10.8 Å². The highest BCUT2D eigenvalue weighted by Gasteiger charge is 2.70. The summed E-state index contributed by atoms with van der Waals surface area (Å²) in [6.07, 6.45) is 13.1. The summed E-state index contributed by atoms with van der Waals surface area (Å²) < 4.78 is 13.3. The van der Waals surface area contributed by atoms with Crippen LogP contribution in [0.3, 0.4) is 0 Å². The number of carbonyl (C=O) groups excluding carboxylic acids is 3. The van der Waals surface area contributed by atoms with E-state index in [-0.39, 0.29) is 87.8 Å². The van der Waals surface area contributed by atoms with Gasteiger partial charge in [-0.15, -0.1) is 5.10 Å². The number of fused-ring (bicyclic) bond motifs is 7. The third-order valence-corrected chi connectivity index (χ3v) is 16.3. The van der Waals surface area contributed by atoms with Crippen molar-refractivity contribution >= 4 is 23.5 Å². The molecule has 0 spiro atoms. The molecule has 12 heteroatoms. The summed E-state index contributed by atoms with van der Waals surface area (Å²) in [5.74, 6) is 0.200. The molecule has 5 aliphatic carbocycles. The fourth-order valence-corrected chi connectivity index (χ4v) is 13.1. The molecule has 12 nitrogen and oxygen atoms in total. The van der Waals surface area contributed by atoms with Crippen molar-refractivity contribution < 1.29 is 28.8 Å². The van der Waals surface area contributed by atoms with Crippen LogP contribution in [0.4, 0.5) is 5.69 Å². The lowest BCUT2D eigenvalue weighted by Gasteiger charge is -2.71. The Labute approximate surface area is 331 Å². The van der Waals surface area contributed by atoms with Crippen LogP contribution in [0, 0.1) is 60.4 Å². The van der Waals surface area contributed by atoms with Gasteiger partial charge >= 0.3 is 11.9 Å². The van der Waals surface area contributed by atoms with Gasteiger partial charge in [0, 0.05) is 25.3 Å². The molecule has 7 rings (SSSR count). The number of nitrogens with one attached hydrogen (secondary N) is 1. The van der Waals surface area contributed by atoms with Gasteiger partial charge in [-0.2, -0.15) is 0 Å². The summed E-state index contributed by atoms with van der Waals surface area (Å²) in [6.45, 7) is 18.0. The molecular formula is C44H61N5O7. The number of ether oxygens (including phenoxy) is 2. The monoisotopic (exact) mass is 771 g/mol. The van der Waals surface area contributed by atoms with Gasteiger partial charge in [0.2, 0.25) is 5.91 Å². The second-order valence-electron chi connectivity index (χ2n) is 19.8. The maximum atomic E-state index is 14.7. The quantitative estimate of drug-likeness (QED) is 0.115. The molecule has 1 aromatic carbocycles. The minimum Gasteiger partial charge on any atom is -0.465 e. The molecule has 4 fully saturated rings.